The van der Waals surface area contributed by atoms with Crippen molar-refractivity contribution in [1.29, 1.82) is 0 Å². The van der Waals surface area contributed by atoms with E-state index in [-0.39, 0.29) is 6.61 Å². The summed E-state index contributed by atoms with van der Waals surface area (Å²) >= 11 is 0. The quantitative estimate of drug-likeness (QED) is 0.534. The summed E-state index contributed by atoms with van der Waals surface area (Å²) in [4.78, 5) is 15.3. The van der Waals surface area contributed by atoms with Crippen molar-refractivity contribution in [3.8, 4) is 0 Å². The molecule has 2 heterocycles. The molecule has 0 saturated carbocycles. The van der Waals surface area contributed by atoms with Crippen LogP contribution in [0.5, 0.6) is 0 Å². The molecule has 7 heteroatoms. The van der Waals surface area contributed by atoms with Crippen LogP contribution in [-0.2, 0) is 4.74 Å². The lowest BCUT2D eigenvalue weighted by atomic mass is 10.0. The van der Waals surface area contributed by atoms with Crippen molar-refractivity contribution >= 4 is 0 Å². The van der Waals surface area contributed by atoms with Gasteiger partial charge in [-0.05, 0) is 13.0 Å². The zero-order valence-corrected chi connectivity index (χ0v) is 9.22. The van der Waals surface area contributed by atoms with Crippen LogP contribution in [0.2, 0.25) is 0 Å². The smallest absolute Gasteiger partial charge is 0.349 e. The minimum Gasteiger partial charge on any atom is -0.388 e. The van der Waals surface area contributed by atoms with E-state index in [1.54, 1.807) is 13.0 Å². The summed E-state index contributed by atoms with van der Waals surface area (Å²) < 4.78 is 6.23. The third kappa shape index (κ3) is 2.22. The number of aromatic nitrogens is 2. The molecule has 1 aromatic heterocycles. The van der Waals surface area contributed by atoms with Crippen molar-refractivity contribution in [2.24, 2.45) is 0 Å². The van der Waals surface area contributed by atoms with Gasteiger partial charge in [-0.25, -0.2) is 4.79 Å². The van der Waals surface area contributed by atoms with Crippen molar-refractivity contribution in [3.63, 3.8) is 0 Å². The monoisotopic (exact) mass is 242 g/mol. The Morgan fingerprint density at radius 2 is 2.12 bits per heavy atom. The number of aliphatic hydroxyl groups excluding tert-OH is 3. The van der Waals surface area contributed by atoms with E-state index in [1.165, 1.54) is 6.20 Å². The number of aryl methyl sites for hydroxylation is 1. The fraction of sp³-hybridized carbons (Fsp3) is 0.600. The van der Waals surface area contributed by atoms with E-state index in [1.807, 2.05) is 0 Å². The van der Waals surface area contributed by atoms with Gasteiger partial charge in [0.05, 0.1) is 6.61 Å². The molecule has 0 spiro atoms. The van der Waals surface area contributed by atoms with Crippen LogP contribution in [0, 0.1) is 6.92 Å². The standard InChI is InChI=1S/C10H14N2O5/c1-5-2-3-12(10(16)11-5)9-8(15)7(14)6(13)4-17-9/h2-3,6-9,13-15H,4H2,1H3. The van der Waals surface area contributed by atoms with Crippen LogP contribution in [0.4, 0.5) is 0 Å². The van der Waals surface area contributed by atoms with Crippen molar-refractivity contribution in [3.05, 3.63) is 28.4 Å². The van der Waals surface area contributed by atoms with Crippen molar-refractivity contribution in [1.82, 2.24) is 9.55 Å². The highest BCUT2D eigenvalue weighted by molar-refractivity contribution is 4.98. The van der Waals surface area contributed by atoms with Gasteiger partial charge >= 0.3 is 5.69 Å². The molecule has 0 aromatic carbocycles. The average Bonchev–Trinajstić information content (AvgIpc) is 2.28. The number of ether oxygens (including phenoxy) is 1. The first-order chi connectivity index (χ1) is 8.00. The first-order valence-corrected chi connectivity index (χ1v) is 5.22. The molecule has 4 unspecified atom stereocenters. The highest BCUT2D eigenvalue weighted by atomic mass is 16.5. The van der Waals surface area contributed by atoms with E-state index in [9.17, 15) is 20.1 Å². The third-order valence-corrected chi connectivity index (χ3v) is 2.72. The summed E-state index contributed by atoms with van der Waals surface area (Å²) in [5.74, 6) is 0. The number of nitrogens with zero attached hydrogens (tertiary/aromatic N) is 2. The molecule has 1 saturated heterocycles. The van der Waals surface area contributed by atoms with Gasteiger partial charge in [0.25, 0.3) is 0 Å². The fourth-order valence-electron chi connectivity index (χ4n) is 1.73. The molecule has 7 nitrogen and oxygen atoms in total. The van der Waals surface area contributed by atoms with Gasteiger partial charge in [0.15, 0.2) is 6.23 Å². The number of hydrogen-bond acceptors (Lipinski definition) is 6. The van der Waals surface area contributed by atoms with Gasteiger partial charge in [-0.15, -0.1) is 0 Å². The molecule has 17 heavy (non-hydrogen) atoms. The maximum atomic E-state index is 11.6. The molecule has 1 aliphatic heterocycles. The van der Waals surface area contributed by atoms with Crippen LogP contribution in [0.1, 0.15) is 11.9 Å². The summed E-state index contributed by atoms with van der Waals surface area (Å²) in [6, 6.07) is 1.59. The van der Waals surface area contributed by atoms with Crippen molar-refractivity contribution in [2.45, 2.75) is 31.5 Å². The Hall–Kier alpha value is -1.28. The maximum Gasteiger partial charge on any atom is 0.349 e. The van der Waals surface area contributed by atoms with E-state index in [0.717, 1.165) is 4.57 Å². The predicted octanol–water partition coefficient (Wildman–Crippen LogP) is -1.84. The molecule has 0 amide bonds. The molecule has 1 aromatic rings. The molecular formula is C10H14N2O5. The lowest BCUT2D eigenvalue weighted by Gasteiger charge is -2.35. The van der Waals surface area contributed by atoms with Crippen LogP contribution in [-0.4, -0.2) is 49.8 Å². The maximum absolute atomic E-state index is 11.6. The van der Waals surface area contributed by atoms with Gasteiger partial charge in [-0.1, -0.05) is 0 Å². The van der Waals surface area contributed by atoms with E-state index in [2.05, 4.69) is 4.98 Å². The lowest BCUT2D eigenvalue weighted by Crippen LogP contribution is -2.52. The molecule has 1 aliphatic rings. The third-order valence-electron chi connectivity index (χ3n) is 2.72. The number of aliphatic hydroxyl groups is 3. The second-order valence-electron chi connectivity index (χ2n) is 4.03. The zero-order valence-electron chi connectivity index (χ0n) is 9.22. The van der Waals surface area contributed by atoms with Crippen LogP contribution in [0.15, 0.2) is 17.1 Å². The highest BCUT2D eigenvalue weighted by Gasteiger charge is 2.38. The molecule has 0 aliphatic carbocycles. The molecule has 3 N–H and O–H groups in total. The fourth-order valence-corrected chi connectivity index (χ4v) is 1.73. The highest BCUT2D eigenvalue weighted by Crippen LogP contribution is 2.22. The Morgan fingerprint density at radius 1 is 1.41 bits per heavy atom. The molecule has 4 atom stereocenters. The Morgan fingerprint density at radius 3 is 2.76 bits per heavy atom. The summed E-state index contributed by atoms with van der Waals surface area (Å²) in [6.07, 6.45) is -3.48. The number of rotatable bonds is 1. The SMILES string of the molecule is Cc1ccn(C2OCC(O)C(O)C2O)c(=O)n1. The Bertz CT molecular complexity index is 460. The summed E-state index contributed by atoms with van der Waals surface area (Å²) in [5, 5.41) is 28.5. The van der Waals surface area contributed by atoms with E-state index < -0.39 is 30.2 Å². The first-order valence-electron chi connectivity index (χ1n) is 5.22. The molecule has 2 rings (SSSR count). The van der Waals surface area contributed by atoms with Crippen LogP contribution in [0.3, 0.4) is 0 Å². The van der Waals surface area contributed by atoms with Crippen molar-refractivity contribution < 1.29 is 20.1 Å². The average molecular weight is 242 g/mol. The van der Waals surface area contributed by atoms with Gasteiger partial charge in [0.1, 0.15) is 18.3 Å². The zero-order chi connectivity index (χ0) is 12.6. The lowest BCUT2D eigenvalue weighted by molar-refractivity contribution is -0.212. The Labute approximate surface area is 96.9 Å². The minimum atomic E-state index is -1.37. The summed E-state index contributed by atoms with van der Waals surface area (Å²) in [6.45, 7) is 1.52. The normalized spacial score (nSPS) is 33.6. The molecule has 0 bridgehead atoms. The van der Waals surface area contributed by atoms with Gasteiger partial charge in [-0.2, -0.15) is 4.98 Å². The Balaban J connectivity index is 2.31. The van der Waals surface area contributed by atoms with Crippen LogP contribution in [0.25, 0.3) is 0 Å². The van der Waals surface area contributed by atoms with Gasteiger partial charge < -0.3 is 20.1 Å². The summed E-state index contributed by atoms with van der Waals surface area (Å²) in [5.41, 5.74) is -0.0187. The minimum absolute atomic E-state index is 0.150. The molecule has 1 fully saturated rings. The summed E-state index contributed by atoms with van der Waals surface area (Å²) in [7, 11) is 0. The topological polar surface area (TPSA) is 105 Å². The Kier molecular flexibility index (Phi) is 3.25. The number of hydrogen-bond donors (Lipinski definition) is 3. The van der Waals surface area contributed by atoms with Gasteiger partial charge in [0.2, 0.25) is 0 Å². The second kappa shape index (κ2) is 4.53. The van der Waals surface area contributed by atoms with E-state index >= 15 is 0 Å². The molecule has 0 radical (unpaired) electrons. The molecular weight excluding hydrogens is 228 g/mol. The molecule has 94 valence electrons. The predicted molar refractivity (Wildman–Crippen MR) is 56.2 cm³/mol. The first kappa shape index (κ1) is 12.2. The van der Waals surface area contributed by atoms with Crippen molar-refractivity contribution in [2.75, 3.05) is 6.61 Å². The van der Waals surface area contributed by atoms with Gasteiger partial charge in [-0.3, -0.25) is 4.57 Å². The van der Waals surface area contributed by atoms with Crippen LogP contribution >= 0.6 is 0 Å². The van der Waals surface area contributed by atoms with E-state index in [4.69, 9.17) is 4.74 Å². The van der Waals surface area contributed by atoms with Gasteiger partial charge in [0, 0.05) is 11.9 Å². The second-order valence-corrected chi connectivity index (χ2v) is 4.03. The van der Waals surface area contributed by atoms with E-state index in [0.29, 0.717) is 5.69 Å². The largest absolute Gasteiger partial charge is 0.388 e. The van der Waals surface area contributed by atoms with Crippen LogP contribution < -0.4 is 5.69 Å².